The molecule has 0 aliphatic rings. The van der Waals surface area contributed by atoms with E-state index in [4.69, 9.17) is 5.11 Å². The summed E-state index contributed by atoms with van der Waals surface area (Å²) in [7, 11) is 0. The molecule has 1 unspecified atom stereocenters. The molecule has 0 aliphatic heterocycles. The molecule has 2 heteroatoms. The van der Waals surface area contributed by atoms with Crippen molar-refractivity contribution in [3.8, 4) is 0 Å². The highest BCUT2D eigenvalue weighted by atomic mass is 19.1. The fourth-order valence-corrected chi connectivity index (χ4v) is 1.44. The van der Waals surface area contributed by atoms with Crippen LogP contribution in [-0.2, 0) is 6.42 Å². The van der Waals surface area contributed by atoms with Crippen LogP contribution in [0.2, 0.25) is 0 Å². The zero-order chi connectivity index (χ0) is 9.84. The van der Waals surface area contributed by atoms with Gasteiger partial charge in [-0.2, -0.15) is 0 Å². The van der Waals surface area contributed by atoms with Gasteiger partial charge in [-0.25, -0.2) is 4.39 Å². The average molecular weight is 182 g/mol. The lowest BCUT2D eigenvalue weighted by Crippen LogP contribution is -2.03. The summed E-state index contributed by atoms with van der Waals surface area (Å²) in [5.74, 6) is -0.210. The Morgan fingerprint density at radius 1 is 1.46 bits per heavy atom. The Morgan fingerprint density at radius 2 is 2.15 bits per heavy atom. The summed E-state index contributed by atoms with van der Waals surface area (Å²) in [6.45, 7) is 3.99. The largest absolute Gasteiger partial charge is 0.396 e. The zero-order valence-corrected chi connectivity index (χ0v) is 8.05. The van der Waals surface area contributed by atoms with E-state index in [1.165, 1.54) is 12.1 Å². The van der Waals surface area contributed by atoms with E-state index >= 15 is 0 Å². The summed E-state index contributed by atoms with van der Waals surface area (Å²) in [4.78, 5) is 0. The third-order valence-corrected chi connectivity index (χ3v) is 2.29. The van der Waals surface area contributed by atoms with Crippen molar-refractivity contribution in [3.63, 3.8) is 0 Å². The predicted molar refractivity (Wildman–Crippen MR) is 51.3 cm³/mol. The number of hydrogen-bond donors (Lipinski definition) is 1. The van der Waals surface area contributed by atoms with E-state index in [0.717, 1.165) is 17.5 Å². The molecule has 0 aromatic heterocycles. The lowest BCUT2D eigenvalue weighted by atomic mass is 9.95. The SMILES string of the molecule is CCc1ccc(F)cc1C(C)CO. The van der Waals surface area contributed by atoms with Gasteiger partial charge in [0, 0.05) is 12.5 Å². The van der Waals surface area contributed by atoms with Crippen LogP contribution in [0.15, 0.2) is 18.2 Å². The number of halogens is 1. The van der Waals surface area contributed by atoms with Gasteiger partial charge in [0.25, 0.3) is 0 Å². The molecule has 13 heavy (non-hydrogen) atoms. The second kappa shape index (κ2) is 4.38. The predicted octanol–water partition coefficient (Wildman–Crippen LogP) is 2.48. The minimum absolute atomic E-state index is 0.0191. The average Bonchev–Trinajstić information content (AvgIpc) is 2.16. The Hall–Kier alpha value is -0.890. The second-order valence-electron chi connectivity index (χ2n) is 3.28. The first-order valence-corrected chi connectivity index (χ1v) is 4.58. The smallest absolute Gasteiger partial charge is 0.123 e. The molecule has 1 rings (SSSR count). The molecule has 1 aromatic rings. The van der Waals surface area contributed by atoms with Crippen LogP contribution in [0.5, 0.6) is 0 Å². The fourth-order valence-electron chi connectivity index (χ4n) is 1.44. The van der Waals surface area contributed by atoms with E-state index in [0.29, 0.717) is 0 Å². The van der Waals surface area contributed by atoms with Crippen molar-refractivity contribution in [3.05, 3.63) is 35.1 Å². The van der Waals surface area contributed by atoms with Crippen molar-refractivity contribution in [2.24, 2.45) is 0 Å². The molecule has 0 amide bonds. The van der Waals surface area contributed by atoms with E-state index in [1.54, 1.807) is 6.07 Å². The number of aliphatic hydroxyl groups is 1. The Kier molecular flexibility index (Phi) is 3.43. The van der Waals surface area contributed by atoms with Gasteiger partial charge in [-0.05, 0) is 29.7 Å². The molecular formula is C11H15FO. The standard InChI is InChI=1S/C11H15FO/c1-3-9-4-5-10(12)6-11(9)8(2)7-13/h4-6,8,13H,3,7H2,1-2H3. The van der Waals surface area contributed by atoms with E-state index in [1.807, 2.05) is 13.8 Å². The number of aliphatic hydroxyl groups excluding tert-OH is 1. The maximum Gasteiger partial charge on any atom is 0.123 e. The number of hydrogen-bond acceptors (Lipinski definition) is 1. The molecule has 0 spiro atoms. The molecule has 0 radical (unpaired) electrons. The molecule has 1 aromatic carbocycles. The van der Waals surface area contributed by atoms with Gasteiger partial charge in [-0.3, -0.25) is 0 Å². The van der Waals surface area contributed by atoms with Gasteiger partial charge in [0.15, 0.2) is 0 Å². The third kappa shape index (κ3) is 2.28. The molecule has 1 nitrogen and oxygen atoms in total. The summed E-state index contributed by atoms with van der Waals surface area (Å²) in [6.07, 6.45) is 0.875. The zero-order valence-electron chi connectivity index (χ0n) is 8.05. The molecule has 0 bridgehead atoms. The first-order valence-electron chi connectivity index (χ1n) is 4.58. The molecule has 0 heterocycles. The first-order chi connectivity index (χ1) is 6.19. The normalized spacial score (nSPS) is 12.9. The Morgan fingerprint density at radius 3 is 2.69 bits per heavy atom. The van der Waals surface area contributed by atoms with Crippen LogP contribution in [0.25, 0.3) is 0 Å². The molecule has 72 valence electrons. The quantitative estimate of drug-likeness (QED) is 0.761. The van der Waals surface area contributed by atoms with Gasteiger partial charge < -0.3 is 5.11 Å². The van der Waals surface area contributed by atoms with Crippen LogP contribution in [0.4, 0.5) is 4.39 Å². The minimum atomic E-state index is -0.229. The highest BCUT2D eigenvalue weighted by Gasteiger charge is 2.09. The lowest BCUT2D eigenvalue weighted by Gasteiger charge is -2.13. The number of aryl methyl sites for hydroxylation is 1. The van der Waals surface area contributed by atoms with Gasteiger partial charge in [-0.1, -0.05) is 19.9 Å². The maximum atomic E-state index is 12.9. The summed E-state index contributed by atoms with van der Waals surface area (Å²) < 4.78 is 12.9. The van der Waals surface area contributed by atoms with Crippen LogP contribution in [0, 0.1) is 5.82 Å². The van der Waals surface area contributed by atoms with Crippen molar-refractivity contribution < 1.29 is 9.50 Å². The monoisotopic (exact) mass is 182 g/mol. The van der Waals surface area contributed by atoms with Crippen LogP contribution in [-0.4, -0.2) is 11.7 Å². The topological polar surface area (TPSA) is 20.2 Å². The fraction of sp³-hybridized carbons (Fsp3) is 0.455. The van der Waals surface area contributed by atoms with E-state index in [2.05, 4.69) is 0 Å². The highest BCUT2D eigenvalue weighted by Crippen LogP contribution is 2.21. The molecule has 0 fully saturated rings. The summed E-state index contributed by atoms with van der Waals surface area (Å²) in [5.41, 5.74) is 2.04. The first kappa shape index (κ1) is 10.2. The third-order valence-electron chi connectivity index (χ3n) is 2.29. The molecular weight excluding hydrogens is 167 g/mol. The van der Waals surface area contributed by atoms with Crippen molar-refractivity contribution in [1.29, 1.82) is 0 Å². The van der Waals surface area contributed by atoms with Gasteiger partial charge in [0.05, 0.1) is 0 Å². The molecule has 0 saturated heterocycles. The molecule has 1 atom stereocenters. The van der Waals surface area contributed by atoms with E-state index in [-0.39, 0.29) is 18.3 Å². The van der Waals surface area contributed by atoms with Gasteiger partial charge in [-0.15, -0.1) is 0 Å². The van der Waals surface area contributed by atoms with Crippen LogP contribution < -0.4 is 0 Å². The van der Waals surface area contributed by atoms with Crippen LogP contribution in [0.3, 0.4) is 0 Å². The van der Waals surface area contributed by atoms with Crippen molar-refractivity contribution in [2.45, 2.75) is 26.2 Å². The van der Waals surface area contributed by atoms with Gasteiger partial charge >= 0.3 is 0 Å². The molecule has 1 N–H and O–H groups in total. The van der Waals surface area contributed by atoms with Crippen molar-refractivity contribution in [1.82, 2.24) is 0 Å². The summed E-state index contributed by atoms with van der Waals surface area (Å²) in [5, 5.41) is 8.98. The number of rotatable bonds is 3. The van der Waals surface area contributed by atoms with Crippen LogP contribution >= 0.6 is 0 Å². The molecule has 0 aliphatic carbocycles. The van der Waals surface area contributed by atoms with E-state index < -0.39 is 0 Å². The van der Waals surface area contributed by atoms with Crippen molar-refractivity contribution >= 4 is 0 Å². The summed E-state index contributed by atoms with van der Waals surface area (Å²) >= 11 is 0. The van der Waals surface area contributed by atoms with Gasteiger partial charge in [0.1, 0.15) is 5.82 Å². The van der Waals surface area contributed by atoms with Crippen molar-refractivity contribution in [2.75, 3.05) is 6.61 Å². The number of benzene rings is 1. The Labute approximate surface area is 78.2 Å². The lowest BCUT2D eigenvalue weighted by molar-refractivity contribution is 0.272. The Bertz CT molecular complexity index is 283. The Balaban J connectivity index is 3.07. The maximum absolute atomic E-state index is 12.9. The summed E-state index contributed by atoms with van der Waals surface area (Å²) in [6, 6.07) is 4.77. The molecule has 0 saturated carbocycles. The minimum Gasteiger partial charge on any atom is -0.396 e. The van der Waals surface area contributed by atoms with Gasteiger partial charge in [0.2, 0.25) is 0 Å². The van der Waals surface area contributed by atoms with Crippen LogP contribution in [0.1, 0.15) is 30.9 Å². The van der Waals surface area contributed by atoms with E-state index in [9.17, 15) is 4.39 Å². The second-order valence-corrected chi connectivity index (χ2v) is 3.28. The highest BCUT2D eigenvalue weighted by molar-refractivity contribution is 5.30.